The van der Waals surface area contributed by atoms with Crippen LogP contribution >= 0.6 is 12.4 Å². The van der Waals surface area contributed by atoms with E-state index in [0.717, 1.165) is 26.0 Å². The van der Waals surface area contributed by atoms with E-state index < -0.39 is 0 Å². The number of rotatable bonds is 3. The minimum absolute atomic E-state index is 0. The lowest BCUT2D eigenvalue weighted by Gasteiger charge is -2.24. The summed E-state index contributed by atoms with van der Waals surface area (Å²) >= 11 is 0. The molecule has 1 atom stereocenters. The third kappa shape index (κ3) is 5.55. The van der Waals surface area contributed by atoms with Gasteiger partial charge in [-0.25, -0.2) is 0 Å². The van der Waals surface area contributed by atoms with E-state index in [1.807, 2.05) is 0 Å². The molecule has 0 spiro atoms. The van der Waals surface area contributed by atoms with Crippen molar-refractivity contribution < 1.29 is 9.53 Å². The topological polar surface area (TPSA) is 50.4 Å². The Morgan fingerprint density at radius 2 is 1.94 bits per heavy atom. The van der Waals surface area contributed by atoms with Crippen LogP contribution in [0.2, 0.25) is 0 Å². The van der Waals surface area contributed by atoms with Crippen molar-refractivity contribution in [2.75, 3.05) is 19.8 Å². The van der Waals surface area contributed by atoms with Gasteiger partial charge in [0.1, 0.15) is 0 Å². The van der Waals surface area contributed by atoms with Crippen LogP contribution in [0.4, 0.5) is 0 Å². The molecule has 0 aromatic heterocycles. The first-order valence-electron chi connectivity index (χ1n) is 6.95. The zero-order valence-corrected chi connectivity index (χ0v) is 11.8. The molecule has 2 N–H and O–H groups in total. The SMILES string of the molecule is Cl.O=C(CC1COCCN1)NC1CCCCCC1. The number of amides is 1. The van der Waals surface area contributed by atoms with Gasteiger partial charge in [0.15, 0.2) is 0 Å². The predicted octanol–water partition coefficient (Wildman–Crippen LogP) is 1.63. The van der Waals surface area contributed by atoms with E-state index in [-0.39, 0.29) is 24.4 Å². The number of halogens is 1. The van der Waals surface area contributed by atoms with Crippen LogP contribution in [0.3, 0.4) is 0 Å². The summed E-state index contributed by atoms with van der Waals surface area (Å²) < 4.78 is 5.35. The van der Waals surface area contributed by atoms with Gasteiger partial charge in [0.2, 0.25) is 5.91 Å². The Kier molecular flexibility index (Phi) is 7.63. The number of nitrogens with one attached hydrogen (secondary N) is 2. The molecule has 0 aromatic carbocycles. The molecule has 18 heavy (non-hydrogen) atoms. The molecule has 1 saturated carbocycles. The van der Waals surface area contributed by atoms with Gasteiger partial charge in [0, 0.05) is 25.0 Å². The highest BCUT2D eigenvalue weighted by Crippen LogP contribution is 2.17. The van der Waals surface area contributed by atoms with Crippen molar-refractivity contribution in [2.45, 2.75) is 57.0 Å². The van der Waals surface area contributed by atoms with Crippen LogP contribution in [0.25, 0.3) is 0 Å². The summed E-state index contributed by atoms with van der Waals surface area (Å²) in [5.74, 6) is 0.180. The summed E-state index contributed by atoms with van der Waals surface area (Å²) in [7, 11) is 0. The molecule has 0 bridgehead atoms. The van der Waals surface area contributed by atoms with Crippen LogP contribution in [0.1, 0.15) is 44.9 Å². The van der Waals surface area contributed by atoms with Crippen LogP contribution in [-0.4, -0.2) is 37.7 Å². The molecule has 0 aromatic rings. The maximum Gasteiger partial charge on any atom is 0.221 e. The van der Waals surface area contributed by atoms with Crippen LogP contribution in [0.15, 0.2) is 0 Å². The third-order valence-corrected chi connectivity index (χ3v) is 3.65. The fourth-order valence-corrected chi connectivity index (χ4v) is 2.68. The average Bonchev–Trinajstić information content (AvgIpc) is 2.59. The number of morpholine rings is 1. The lowest BCUT2D eigenvalue weighted by Crippen LogP contribution is -2.45. The van der Waals surface area contributed by atoms with Gasteiger partial charge < -0.3 is 15.4 Å². The summed E-state index contributed by atoms with van der Waals surface area (Å²) in [6.07, 6.45) is 8.03. The van der Waals surface area contributed by atoms with E-state index in [4.69, 9.17) is 4.74 Å². The number of hydrogen-bond donors (Lipinski definition) is 2. The normalized spacial score (nSPS) is 25.9. The molecule has 1 amide bonds. The monoisotopic (exact) mass is 276 g/mol. The minimum Gasteiger partial charge on any atom is -0.378 e. The summed E-state index contributed by atoms with van der Waals surface area (Å²) in [5, 5.41) is 6.49. The second-order valence-electron chi connectivity index (χ2n) is 5.19. The van der Waals surface area contributed by atoms with Crippen molar-refractivity contribution in [3.8, 4) is 0 Å². The Morgan fingerprint density at radius 1 is 1.22 bits per heavy atom. The van der Waals surface area contributed by atoms with Gasteiger partial charge in [-0.1, -0.05) is 25.7 Å². The van der Waals surface area contributed by atoms with Crippen LogP contribution in [0.5, 0.6) is 0 Å². The summed E-state index contributed by atoms with van der Waals surface area (Å²) in [6, 6.07) is 0.615. The molecule has 0 radical (unpaired) electrons. The van der Waals surface area contributed by atoms with Gasteiger partial charge in [0.05, 0.1) is 13.2 Å². The summed E-state index contributed by atoms with van der Waals surface area (Å²) in [6.45, 7) is 2.29. The van der Waals surface area contributed by atoms with E-state index in [9.17, 15) is 4.79 Å². The zero-order valence-electron chi connectivity index (χ0n) is 11.0. The van der Waals surface area contributed by atoms with Crippen molar-refractivity contribution >= 4 is 18.3 Å². The second-order valence-corrected chi connectivity index (χ2v) is 5.19. The highest BCUT2D eigenvalue weighted by Gasteiger charge is 2.19. The Labute approximate surface area is 116 Å². The highest BCUT2D eigenvalue weighted by atomic mass is 35.5. The number of carbonyl (C=O) groups excluding carboxylic acids is 1. The van der Waals surface area contributed by atoms with Crippen LogP contribution < -0.4 is 10.6 Å². The maximum absolute atomic E-state index is 11.9. The lowest BCUT2D eigenvalue weighted by atomic mass is 10.1. The van der Waals surface area contributed by atoms with E-state index in [1.165, 1.54) is 25.7 Å². The molecule has 2 fully saturated rings. The first-order chi connectivity index (χ1) is 8.34. The smallest absolute Gasteiger partial charge is 0.221 e. The Balaban J connectivity index is 0.00000162. The fourth-order valence-electron chi connectivity index (χ4n) is 2.68. The van der Waals surface area contributed by atoms with Crippen molar-refractivity contribution in [1.82, 2.24) is 10.6 Å². The molecule has 2 aliphatic rings. The van der Waals surface area contributed by atoms with Gasteiger partial charge >= 0.3 is 0 Å². The first kappa shape index (κ1) is 15.7. The molecule has 1 saturated heterocycles. The van der Waals surface area contributed by atoms with Gasteiger partial charge in [-0.05, 0) is 12.8 Å². The van der Waals surface area contributed by atoms with E-state index in [2.05, 4.69) is 10.6 Å². The first-order valence-corrected chi connectivity index (χ1v) is 6.95. The summed E-state index contributed by atoms with van der Waals surface area (Å²) in [4.78, 5) is 11.9. The zero-order chi connectivity index (χ0) is 11.9. The molecule has 1 aliphatic carbocycles. The molecule has 1 unspecified atom stereocenters. The minimum atomic E-state index is 0. The molecule has 1 aliphatic heterocycles. The average molecular weight is 277 g/mol. The van der Waals surface area contributed by atoms with Crippen LogP contribution in [-0.2, 0) is 9.53 Å². The molecule has 106 valence electrons. The largest absolute Gasteiger partial charge is 0.378 e. The third-order valence-electron chi connectivity index (χ3n) is 3.65. The van der Waals surface area contributed by atoms with Gasteiger partial charge in [0.25, 0.3) is 0 Å². The molecular formula is C13H25ClN2O2. The van der Waals surface area contributed by atoms with E-state index in [1.54, 1.807) is 0 Å². The Hall–Kier alpha value is -0.320. The maximum atomic E-state index is 11.9. The van der Waals surface area contributed by atoms with E-state index in [0.29, 0.717) is 19.1 Å². The van der Waals surface area contributed by atoms with Crippen molar-refractivity contribution in [3.05, 3.63) is 0 Å². The van der Waals surface area contributed by atoms with Crippen molar-refractivity contribution in [3.63, 3.8) is 0 Å². The van der Waals surface area contributed by atoms with Crippen molar-refractivity contribution in [1.29, 1.82) is 0 Å². The number of carbonyl (C=O) groups is 1. The highest BCUT2D eigenvalue weighted by molar-refractivity contribution is 5.85. The quantitative estimate of drug-likeness (QED) is 0.771. The standard InChI is InChI=1S/C13H24N2O2.ClH/c16-13(9-12-10-17-8-7-14-12)15-11-5-3-1-2-4-6-11;/h11-12,14H,1-10H2,(H,15,16);1H. The molecular weight excluding hydrogens is 252 g/mol. The second kappa shape index (κ2) is 8.73. The Bertz CT molecular complexity index is 237. The number of hydrogen-bond acceptors (Lipinski definition) is 3. The van der Waals surface area contributed by atoms with Crippen molar-refractivity contribution in [2.24, 2.45) is 0 Å². The van der Waals surface area contributed by atoms with Gasteiger partial charge in [-0.15, -0.1) is 12.4 Å². The lowest BCUT2D eigenvalue weighted by molar-refractivity contribution is -0.123. The predicted molar refractivity (Wildman–Crippen MR) is 74.1 cm³/mol. The fraction of sp³-hybridized carbons (Fsp3) is 0.923. The van der Waals surface area contributed by atoms with Gasteiger partial charge in [-0.3, -0.25) is 4.79 Å². The molecule has 4 nitrogen and oxygen atoms in total. The summed E-state index contributed by atoms with van der Waals surface area (Å²) in [5.41, 5.74) is 0. The van der Waals surface area contributed by atoms with E-state index >= 15 is 0 Å². The Morgan fingerprint density at radius 3 is 2.56 bits per heavy atom. The molecule has 2 rings (SSSR count). The van der Waals surface area contributed by atoms with Crippen LogP contribution in [0, 0.1) is 0 Å². The molecule has 5 heteroatoms. The number of ether oxygens (including phenoxy) is 1. The molecule has 1 heterocycles. The van der Waals surface area contributed by atoms with Gasteiger partial charge in [-0.2, -0.15) is 0 Å².